The highest BCUT2D eigenvalue weighted by Crippen LogP contribution is 2.30. The molecule has 7 heteroatoms. The zero-order chi connectivity index (χ0) is 14.7. The molecular formula is C14H17N3O4. The quantitative estimate of drug-likeness (QED) is 0.802. The topological polar surface area (TPSA) is 79.9 Å². The lowest BCUT2D eigenvalue weighted by Gasteiger charge is -2.29. The van der Waals surface area contributed by atoms with Gasteiger partial charge in [0, 0.05) is 13.1 Å². The van der Waals surface area contributed by atoms with Crippen LogP contribution in [0.4, 0.5) is 4.79 Å². The van der Waals surface area contributed by atoms with Crippen LogP contribution in [0.15, 0.2) is 24.3 Å². The molecule has 0 radical (unpaired) electrons. The first-order valence-corrected chi connectivity index (χ1v) is 6.90. The second-order valence-electron chi connectivity index (χ2n) is 4.96. The molecule has 1 saturated heterocycles. The van der Waals surface area contributed by atoms with E-state index in [1.165, 1.54) is 4.90 Å². The van der Waals surface area contributed by atoms with Crippen molar-refractivity contribution in [3.8, 4) is 11.5 Å². The predicted octanol–water partition coefficient (Wildman–Crippen LogP) is -0.0322. The number of urea groups is 1. The maximum atomic E-state index is 12.0. The average Bonchev–Trinajstić information content (AvgIpc) is 2.52. The first-order valence-electron chi connectivity index (χ1n) is 6.90. The summed E-state index contributed by atoms with van der Waals surface area (Å²) in [4.78, 5) is 24.7. The summed E-state index contributed by atoms with van der Waals surface area (Å²) >= 11 is 0. The van der Waals surface area contributed by atoms with Gasteiger partial charge in [0.1, 0.15) is 13.2 Å². The van der Waals surface area contributed by atoms with Gasteiger partial charge in [-0.25, -0.2) is 4.79 Å². The SMILES string of the molecule is O=C1CN(C(=O)NCC2COc3ccccc3O2)CCN1. The van der Waals surface area contributed by atoms with Gasteiger partial charge in [-0.3, -0.25) is 4.79 Å². The molecule has 7 nitrogen and oxygen atoms in total. The Morgan fingerprint density at radius 3 is 3.00 bits per heavy atom. The molecule has 0 saturated carbocycles. The summed E-state index contributed by atoms with van der Waals surface area (Å²) in [6, 6.07) is 7.17. The number of rotatable bonds is 2. The smallest absolute Gasteiger partial charge is 0.318 e. The molecule has 0 aliphatic carbocycles. The molecule has 1 fully saturated rings. The number of carbonyl (C=O) groups is 2. The Morgan fingerprint density at radius 1 is 1.38 bits per heavy atom. The van der Waals surface area contributed by atoms with Crippen LogP contribution in [0.5, 0.6) is 11.5 Å². The molecule has 0 spiro atoms. The van der Waals surface area contributed by atoms with Crippen molar-refractivity contribution in [1.82, 2.24) is 15.5 Å². The molecule has 1 atom stereocenters. The molecule has 0 bridgehead atoms. The van der Waals surface area contributed by atoms with Crippen molar-refractivity contribution >= 4 is 11.9 Å². The lowest BCUT2D eigenvalue weighted by molar-refractivity contribution is -0.123. The van der Waals surface area contributed by atoms with Crippen LogP contribution >= 0.6 is 0 Å². The van der Waals surface area contributed by atoms with Crippen LogP contribution in [0.3, 0.4) is 0 Å². The van der Waals surface area contributed by atoms with Gasteiger partial charge >= 0.3 is 6.03 Å². The van der Waals surface area contributed by atoms with Crippen molar-refractivity contribution in [3.05, 3.63) is 24.3 Å². The number of hydrogen-bond donors (Lipinski definition) is 2. The van der Waals surface area contributed by atoms with E-state index in [1.54, 1.807) is 0 Å². The van der Waals surface area contributed by atoms with E-state index in [-0.39, 0.29) is 24.6 Å². The van der Waals surface area contributed by atoms with Gasteiger partial charge in [0.25, 0.3) is 0 Å². The highest BCUT2D eigenvalue weighted by Gasteiger charge is 2.24. The number of ether oxygens (including phenoxy) is 2. The van der Waals surface area contributed by atoms with Crippen molar-refractivity contribution in [2.75, 3.05) is 32.8 Å². The highest BCUT2D eigenvalue weighted by atomic mass is 16.6. The lowest BCUT2D eigenvalue weighted by Crippen LogP contribution is -2.54. The van der Waals surface area contributed by atoms with E-state index in [9.17, 15) is 9.59 Å². The standard InChI is InChI=1S/C14H17N3O4/c18-13-8-17(6-5-15-13)14(19)16-7-10-9-20-11-3-1-2-4-12(11)21-10/h1-4,10H,5-9H2,(H,15,18)(H,16,19). The minimum atomic E-state index is -0.257. The van der Waals surface area contributed by atoms with Crippen LogP contribution in [0, 0.1) is 0 Å². The molecule has 3 amide bonds. The van der Waals surface area contributed by atoms with Crippen LogP contribution < -0.4 is 20.1 Å². The maximum absolute atomic E-state index is 12.0. The normalized spacial score (nSPS) is 20.7. The van der Waals surface area contributed by atoms with Crippen molar-refractivity contribution < 1.29 is 19.1 Å². The zero-order valence-corrected chi connectivity index (χ0v) is 11.5. The Balaban J connectivity index is 1.50. The summed E-state index contributed by atoms with van der Waals surface area (Å²) in [7, 11) is 0. The monoisotopic (exact) mass is 291 g/mol. The van der Waals surface area contributed by atoms with Crippen LogP contribution in [0.2, 0.25) is 0 Å². The summed E-state index contributed by atoms with van der Waals surface area (Å²) in [5, 5.41) is 5.45. The molecule has 1 aromatic carbocycles. The molecule has 2 aliphatic heterocycles. The van der Waals surface area contributed by atoms with Gasteiger partial charge in [-0.15, -0.1) is 0 Å². The van der Waals surface area contributed by atoms with Crippen molar-refractivity contribution in [2.45, 2.75) is 6.10 Å². The van der Waals surface area contributed by atoms with E-state index in [0.29, 0.717) is 37.7 Å². The fraction of sp³-hybridized carbons (Fsp3) is 0.429. The molecule has 112 valence electrons. The molecule has 3 rings (SSSR count). The van der Waals surface area contributed by atoms with E-state index in [2.05, 4.69) is 10.6 Å². The first-order chi connectivity index (χ1) is 10.2. The lowest BCUT2D eigenvalue weighted by atomic mass is 10.2. The number of fused-ring (bicyclic) bond motifs is 1. The van der Waals surface area contributed by atoms with Gasteiger partial charge in [0.2, 0.25) is 5.91 Å². The maximum Gasteiger partial charge on any atom is 0.318 e. The Hall–Kier alpha value is -2.44. The number of nitrogens with one attached hydrogen (secondary N) is 2. The van der Waals surface area contributed by atoms with Crippen LogP contribution in [0.25, 0.3) is 0 Å². The van der Waals surface area contributed by atoms with Gasteiger partial charge < -0.3 is 25.0 Å². The fourth-order valence-corrected chi connectivity index (χ4v) is 2.29. The number of amides is 3. The van der Waals surface area contributed by atoms with Crippen LogP contribution in [0.1, 0.15) is 0 Å². The van der Waals surface area contributed by atoms with Crippen LogP contribution in [-0.2, 0) is 4.79 Å². The Morgan fingerprint density at radius 2 is 2.19 bits per heavy atom. The zero-order valence-electron chi connectivity index (χ0n) is 11.5. The Bertz CT molecular complexity index is 549. The third-order valence-corrected chi connectivity index (χ3v) is 3.37. The van der Waals surface area contributed by atoms with Gasteiger partial charge in [-0.05, 0) is 12.1 Å². The number of piperazine rings is 1. The Labute approximate surface area is 122 Å². The van der Waals surface area contributed by atoms with Gasteiger partial charge in [0.05, 0.1) is 6.54 Å². The van der Waals surface area contributed by atoms with Crippen molar-refractivity contribution in [1.29, 1.82) is 0 Å². The molecule has 1 aromatic rings. The third-order valence-electron chi connectivity index (χ3n) is 3.37. The summed E-state index contributed by atoms with van der Waals surface area (Å²) in [6.07, 6.45) is -0.234. The van der Waals surface area contributed by atoms with E-state index in [1.807, 2.05) is 24.3 Å². The van der Waals surface area contributed by atoms with Gasteiger partial charge in [0.15, 0.2) is 17.6 Å². The number of para-hydroxylation sites is 2. The third kappa shape index (κ3) is 3.18. The molecule has 2 aliphatic rings. The number of carbonyl (C=O) groups excluding carboxylic acids is 2. The summed E-state index contributed by atoms with van der Waals surface area (Å²) < 4.78 is 11.3. The average molecular weight is 291 g/mol. The summed E-state index contributed by atoms with van der Waals surface area (Å²) in [6.45, 7) is 1.82. The minimum Gasteiger partial charge on any atom is -0.486 e. The molecule has 21 heavy (non-hydrogen) atoms. The Kier molecular flexibility index (Phi) is 3.81. The molecule has 2 heterocycles. The fourth-order valence-electron chi connectivity index (χ4n) is 2.29. The number of benzene rings is 1. The van der Waals surface area contributed by atoms with Gasteiger partial charge in [-0.1, -0.05) is 12.1 Å². The number of hydrogen-bond acceptors (Lipinski definition) is 4. The molecule has 1 unspecified atom stereocenters. The van der Waals surface area contributed by atoms with Crippen molar-refractivity contribution in [2.24, 2.45) is 0 Å². The van der Waals surface area contributed by atoms with E-state index in [4.69, 9.17) is 9.47 Å². The molecule has 0 aromatic heterocycles. The largest absolute Gasteiger partial charge is 0.486 e. The minimum absolute atomic E-state index is 0.0939. The second kappa shape index (κ2) is 5.90. The molecule has 2 N–H and O–H groups in total. The van der Waals surface area contributed by atoms with E-state index in [0.717, 1.165) is 0 Å². The highest BCUT2D eigenvalue weighted by molar-refractivity contribution is 5.85. The van der Waals surface area contributed by atoms with E-state index >= 15 is 0 Å². The van der Waals surface area contributed by atoms with Crippen molar-refractivity contribution in [3.63, 3.8) is 0 Å². The second-order valence-corrected chi connectivity index (χ2v) is 4.96. The van der Waals surface area contributed by atoms with Gasteiger partial charge in [-0.2, -0.15) is 0 Å². The first kappa shape index (κ1) is 13.5. The van der Waals surface area contributed by atoms with E-state index < -0.39 is 0 Å². The predicted molar refractivity (Wildman–Crippen MR) is 74.3 cm³/mol. The summed E-state index contributed by atoms with van der Waals surface area (Å²) in [5.41, 5.74) is 0. The molecular weight excluding hydrogens is 274 g/mol. The summed E-state index contributed by atoms with van der Waals surface area (Å²) in [5.74, 6) is 1.26. The number of nitrogens with zero attached hydrogens (tertiary/aromatic N) is 1. The van der Waals surface area contributed by atoms with Crippen LogP contribution in [-0.4, -0.2) is 55.7 Å².